The molecule has 120 valence electrons. The van der Waals surface area contributed by atoms with Crippen molar-refractivity contribution < 1.29 is 24.0 Å². The monoisotopic (exact) mass is 317 g/mol. The molecule has 0 bridgehead atoms. The van der Waals surface area contributed by atoms with E-state index in [9.17, 15) is 19.2 Å². The number of imide groups is 1. The van der Waals surface area contributed by atoms with Gasteiger partial charge in [-0.1, -0.05) is 17.2 Å². The lowest BCUT2D eigenvalue weighted by atomic mass is 10.0. The van der Waals surface area contributed by atoms with Crippen LogP contribution in [0.2, 0.25) is 0 Å². The molecule has 1 atom stereocenters. The van der Waals surface area contributed by atoms with E-state index in [1.165, 1.54) is 17.0 Å². The van der Waals surface area contributed by atoms with Crippen molar-refractivity contribution in [2.75, 3.05) is 6.54 Å². The Bertz CT molecular complexity index is 667. The lowest BCUT2D eigenvalue weighted by molar-refractivity contribution is -0.175. The van der Waals surface area contributed by atoms with Crippen molar-refractivity contribution in [1.82, 2.24) is 9.96 Å². The van der Waals surface area contributed by atoms with Gasteiger partial charge in [-0.3, -0.25) is 9.59 Å². The average Bonchev–Trinajstić information content (AvgIpc) is 2.80. The molecule has 2 aliphatic heterocycles. The summed E-state index contributed by atoms with van der Waals surface area (Å²) in [6, 6.07) is 4.59. The summed E-state index contributed by atoms with van der Waals surface area (Å²) in [5.41, 5.74) is 5.62. The third-order valence-electron chi connectivity index (χ3n) is 4.00. The molecule has 1 fully saturated rings. The van der Waals surface area contributed by atoms with E-state index in [1.807, 2.05) is 0 Å². The zero-order valence-corrected chi connectivity index (χ0v) is 12.2. The number of piperidine rings is 1. The standard InChI is InChI=1S/C15H15N3O5/c16-15(22)17-8-4-3-7-11(17)14(21)23-18-12(19)9-5-1-2-6-10(9)13(18)20/h1-2,5-6,11H,3-4,7-8H2,(H2,16,22). The number of carbonyl (C=O) groups excluding carboxylic acids is 4. The smallest absolute Gasteiger partial charge is 0.351 e. The number of urea groups is 1. The minimum atomic E-state index is -0.884. The molecule has 1 aromatic carbocycles. The van der Waals surface area contributed by atoms with Crippen molar-refractivity contribution in [2.45, 2.75) is 25.3 Å². The fraction of sp³-hybridized carbons (Fsp3) is 0.333. The Hall–Kier alpha value is -2.90. The van der Waals surface area contributed by atoms with Gasteiger partial charge < -0.3 is 15.5 Å². The number of likely N-dealkylation sites (tertiary alicyclic amines) is 1. The number of hydrogen-bond acceptors (Lipinski definition) is 5. The van der Waals surface area contributed by atoms with Gasteiger partial charge in [-0.2, -0.15) is 0 Å². The Morgan fingerprint density at radius 3 is 2.26 bits per heavy atom. The maximum atomic E-state index is 12.3. The highest BCUT2D eigenvalue weighted by Gasteiger charge is 2.41. The van der Waals surface area contributed by atoms with E-state index in [1.54, 1.807) is 12.1 Å². The maximum Gasteiger partial charge on any atom is 0.355 e. The van der Waals surface area contributed by atoms with E-state index in [2.05, 4.69) is 0 Å². The number of hydroxylamine groups is 2. The number of carbonyl (C=O) groups is 4. The second-order valence-electron chi connectivity index (χ2n) is 5.40. The van der Waals surface area contributed by atoms with Crippen molar-refractivity contribution in [3.8, 4) is 0 Å². The Balaban J connectivity index is 1.77. The van der Waals surface area contributed by atoms with Crippen molar-refractivity contribution in [2.24, 2.45) is 5.73 Å². The van der Waals surface area contributed by atoms with E-state index in [0.29, 0.717) is 18.0 Å². The zero-order chi connectivity index (χ0) is 16.6. The van der Waals surface area contributed by atoms with Gasteiger partial charge in [0.1, 0.15) is 6.04 Å². The van der Waals surface area contributed by atoms with Gasteiger partial charge >= 0.3 is 12.0 Å². The fourth-order valence-corrected chi connectivity index (χ4v) is 2.84. The molecule has 4 amide bonds. The SMILES string of the molecule is NC(=O)N1CCCCC1C(=O)ON1C(=O)c2ccccc2C1=O. The molecule has 23 heavy (non-hydrogen) atoms. The fourth-order valence-electron chi connectivity index (χ4n) is 2.84. The Morgan fingerprint density at radius 1 is 1.09 bits per heavy atom. The van der Waals surface area contributed by atoms with Crippen LogP contribution in [-0.4, -0.2) is 46.4 Å². The molecule has 1 aromatic rings. The summed E-state index contributed by atoms with van der Waals surface area (Å²) in [4.78, 5) is 54.2. The Labute approximate surface area is 131 Å². The van der Waals surface area contributed by atoms with Crippen LogP contribution in [0.4, 0.5) is 4.79 Å². The van der Waals surface area contributed by atoms with Crippen LogP contribution in [-0.2, 0) is 9.63 Å². The second-order valence-corrected chi connectivity index (χ2v) is 5.40. The number of benzene rings is 1. The normalized spacial score (nSPS) is 20.4. The number of rotatable bonds is 2. The number of amides is 4. The van der Waals surface area contributed by atoms with Crippen LogP contribution in [0.1, 0.15) is 40.0 Å². The molecule has 0 aromatic heterocycles. The lowest BCUT2D eigenvalue weighted by Gasteiger charge is -2.32. The molecule has 0 radical (unpaired) electrons. The molecule has 0 aliphatic carbocycles. The summed E-state index contributed by atoms with van der Waals surface area (Å²) in [7, 11) is 0. The number of primary amides is 1. The third-order valence-corrected chi connectivity index (χ3v) is 4.00. The molecule has 2 aliphatic rings. The van der Waals surface area contributed by atoms with E-state index in [0.717, 1.165) is 12.8 Å². The molecule has 8 heteroatoms. The molecular formula is C15H15N3O5. The van der Waals surface area contributed by atoms with Crippen molar-refractivity contribution in [3.63, 3.8) is 0 Å². The second kappa shape index (κ2) is 5.71. The molecule has 0 spiro atoms. The minimum absolute atomic E-state index is 0.181. The Kier molecular flexibility index (Phi) is 3.73. The van der Waals surface area contributed by atoms with Gasteiger partial charge in [-0.15, -0.1) is 0 Å². The van der Waals surface area contributed by atoms with Crippen LogP contribution < -0.4 is 5.73 Å². The molecule has 3 rings (SSSR count). The number of hydrogen-bond donors (Lipinski definition) is 1. The summed E-state index contributed by atoms with van der Waals surface area (Å²) >= 11 is 0. The van der Waals surface area contributed by atoms with Gasteiger partial charge in [0.05, 0.1) is 11.1 Å². The Morgan fingerprint density at radius 2 is 1.70 bits per heavy atom. The van der Waals surface area contributed by atoms with E-state index < -0.39 is 29.9 Å². The zero-order valence-electron chi connectivity index (χ0n) is 12.2. The van der Waals surface area contributed by atoms with Gasteiger partial charge in [0.15, 0.2) is 0 Å². The molecule has 1 unspecified atom stereocenters. The molecule has 1 saturated heterocycles. The molecule has 2 heterocycles. The first kappa shape index (κ1) is 15.0. The van der Waals surface area contributed by atoms with E-state index >= 15 is 0 Å². The van der Waals surface area contributed by atoms with Gasteiger partial charge in [0, 0.05) is 6.54 Å². The number of nitrogens with two attached hydrogens (primary N) is 1. The predicted octanol–water partition coefficient (Wildman–Crippen LogP) is 0.674. The summed E-state index contributed by atoms with van der Waals surface area (Å²) in [6.45, 7) is 0.344. The van der Waals surface area contributed by atoms with Gasteiger partial charge in [0.2, 0.25) is 0 Å². The third kappa shape index (κ3) is 2.52. The summed E-state index contributed by atoms with van der Waals surface area (Å²) in [5.74, 6) is -2.22. The number of nitrogens with zero attached hydrogens (tertiary/aromatic N) is 2. The van der Waals surface area contributed by atoms with Crippen LogP contribution in [0, 0.1) is 0 Å². The first-order valence-corrected chi connectivity index (χ1v) is 7.26. The highest BCUT2D eigenvalue weighted by molar-refractivity contribution is 6.20. The lowest BCUT2D eigenvalue weighted by Crippen LogP contribution is -2.52. The highest BCUT2D eigenvalue weighted by atomic mass is 16.7. The maximum absolute atomic E-state index is 12.3. The highest BCUT2D eigenvalue weighted by Crippen LogP contribution is 2.24. The van der Waals surface area contributed by atoms with Crippen LogP contribution in [0.25, 0.3) is 0 Å². The van der Waals surface area contributed by atoms with Crippen LogP contribution in [0.5, 0.6) is 0 Å². The van der Waals surface area contributed by atoms with Crippen LogP contribution in [0.3, 0.4) is 0 Å². The first-order valence-electron chi connectivity index (χ1n) is 7.26. The van der Waals surface area contributed by atoms with Crippen molar-refractivity contribution in [3.05, 3.63) is 35.4 Å². The predicted molar refractivity (Wildman–Crippen MR) is 77.0 cm³/mol. The van der Waals surface area contributed by atoms with Crippen LogP contribution >= 0.6 is 0 Å². The summed E-state index contributed by atoms with van der Waals surface area (Å²) < 4.78 is 0. The van der Waals surface area contributed by atoms with Crippen molar-refractivity contribution in [1.29, 1.82) is 0 Å². The summed E-state index contributed by atoms with van der Waals surface area (Å²) in [6.07, 6.45) is 1.84. The molecule has 2 N–H and O–H groups in total. The molecule has 8 nitrogen and oxygen atoms in total. The van der Waals surface area contributed by atoms with Crippen LogP contribution in [0.15, 0.2) is 24.3 Å². The van der Waals surface area contributed by atoms with Gasteiger partial charge in [0.25, 0.3) is 11.8 Å². The van der Waals surface area contributed by atoms with Gasteiger partial charge in [-0.25, -0.2) is 9.59 Å². The van der Waals surface area contributed by atoms with E-state index in [-0.39, 0.29) is 11.1 Å². The molecular weight excluding hydrogens is 302 g/mol. The quantitative estimate of drug-likeness (QED) is 0.806. The van der Waals surface area contributed by atoms with Crippen molar-refractivity contribution >= 4 is 23.8 Å². The average molecular weight is 317 g/mol. The largest absolute Gasteiger partial charge is 0.355 e. The topological polar surface area (TPSA) is 110 Å². The van der Waals surface area contributed by atoms with Gasteiger partial charge in [-0.05, 0) is 31.4 Å². The minimum Gasteiger partial charge on any atom is -0.351 e. The number of fused-ring (bicyclic) bond motifs is 1. The van der Waals surface area contributed by atoms with E-state index in [4.69, 9.17) is 10.6 Å². The summed E-state index contributed by atoms with van der Waals surface area (Å²) in [5, 5.41) is 0.445. The molecule has 0 saturated carbocycles. The first-order chi connectivity index (χ1) is 11.0.